The van der Waals surface area contributed by atoms with Gasteiger partial charge in [-0.05, 0) is 0 Å². The fourth-order valence-corrected chi connectivity index (χ4v) is 1.78. The highest BCUT2D eigenvalue weighted by Crippen LogP contribution is 2.23. The lowest BCUT2D eigenvalue weighted by atomic mass is 10.2. The van der Waals surface area contributed by atoms with E-state index >= 15 is 0 Å². The van der Waals surface area contributed by atoms with Crippen LogP contribution < -0.4 is 10.5 Å². The van der Waals surface area contributed by atoms with Gasteiger partial charge in [-0.3, -0.25) is 4.68 Å². The molecule has 2 heterocycles. The van der Waals surface area contributed by atoms with Gasteiger partial charge in [0, 0.05) is 18.7 Å². The van der Waals surface area contributed by atoms with Crippen LogP contribution in [0.4, 0.5) is 5.82 Å². The lowest BCUT2D eigenvalue weighted by molar-refractivity contribution is 0.462. The summed E-state index contributed by atoms with van der Waals surface area (Å²) in [6, 6.07) is 11.2. The van der Waals surface area contributed by atoms with Gasteiger partial charge in [0.05, 0.1) is 12.4 Å². The van der Waals surface area contributed by atoms with Crippen molar-refractivity contribution in [2.24, 2.45) is 7.05 Å². The second kappa shape index (κ2) is 5.00. The number of ether oxygens (including phenoxy) is 1. The molecule has 0 fully saturated rings. The third-order valence-electron chi connectivity index (χ3n) is 2.66. The average molecular weight is 267 g/mol. The van der Waals surface area contributed by atoms with Crippen molar-refractivity contribution < 1.29 is 4.74 Å². The van der Waals surface area contributed by atoms with Gasteiger partial charge in [-0.15, -0.1) is 0 Å². The first-order valence-corrected chi connectivity index (χ1v) is 6.07. The largest absolute Gasteiger partial charge is 0.436 e. The van der Waals surface area contributed by atoms with Crippen molar-refractivity contribution in [3.8, 4) is 23.0 Å². The van der Waals surface area contributed by atoms with E-state index < -0.39 is 0 Å². The van der Waals surface area contributed by atoms with Crippen LogP contribution in [-0.4, -0.2) is 19.7 Å². The molecule has 3 rings (SSSR count). The Kier molecular flexibility index (Phi) is 3.04. The number of rotatable bonds is 3. The van der Waals surface area contributed by atoms with E-state index in [0.717, 1.165) is 5.56 Å². The molecule has 0 aliphatic carbocycles. The van der Waals surface area contributed by atoms with Crippen molar-refractivity contribution in [3.63, 3.8) is 0 Å². The summed E-state index contributed by atoms with van der Waals surface area (Å²) in [5.41, 5.74) is 6.69. The van der Waals surface area contributed by atoms with Crippen molar-refractivity contribution >= 4 is 5.82 Å². The maximum absolute atomic E-state index is 5.80. The zero-order valence-electron chi connectivity index (χ0n) is 10.9. The Morgan fingerprint density at radius 3 is 2.65 bits per heavy atom. The molecule has 100 valence electrons. The number of hydrogen-bond donors (Lipinski definition) is 1. The Morgan fingerprint density at radius 1 is 1.15 bits per heavy atom. The van der Waals surface area contributed by atoms with E-state index in [-0.39, 0.29) is 0 Å². The first-order valence-electron chi connectivity index (χ1n) is 6.07. The van der Waals surface area contributed by atoms with Crippen LogP contribution in [0.15, 0.2) is 48.8 Å². The fourth-order valence-electron chi connectivity index (χ4n) is 1.78. The molecule has 0 saturated carbocycles. The van der Waals surface area contributed by atoms with Crippen LogP contribution >= 0.6 is 0 Å². The molecular formula is C14H13N5O. The van der Waals surface area contributed by atoms with Crippen molar-refractivity contribution in [1.29, 1.82) is 0 Å². The maximum atomic E-state index is 5.80. The van der Waals surface area contributed by atoms with Crippen molar-refractivity contribution in [3.05, 3.63) is 48.8 Å². The van der Waals surface area contributed by atoms with E-state index in [9.17, 15) is 0 Å². The smallest absolute Gasteiger partial charge is 0.225 e. The van der Waals surface area contributed by atoms with Crippen molar-refractivity contribution in [2.45, 2.75) is 0 Å². The van der Waals surface area contributed by atoms with Crippen molar-refractivity contribution in [1.82, 2.24) is 19.7 Å². The molecule has 0 unspecified atom stereocenters. The van der Waals surface area contributed by atoms with Crippen molar-refractivity contribution in [2.75, 3.05) is 5.73 Å². The van der Waals surface area contributed by atoms with Gasteiger partial charge in [0.1, 0.15) is 5.82 Å². The van der Waals surface area contributed by atoms with Gasteiger partial charge in [-0.1, -0.05) is 30.3 Å². The minimum Gasteiger partial charge on any atom is -0.436 e. The van der Waals surface area contributed by atoms with Gasteiger partial charge in [0.25, 0.3) is 0 Å². The predicted octanol–water partition coefficient (Wildman–Crippen LogP) is 2.25. The predicted molar refractivity (Wildman–Crippen MR) is 75.2 cm³/mol. The molecule has 0 saturated heterocycles. The molecule has 0 radical (unpaired) electrons. The summed E-state index contributed by atoms with van der Waals surface area (Å²) in [5.74, 6) is 1.89. The Labute approximate surface area is 115 Å². The second-order valence-corrected chi connectivity index (χ2v) is 4.27. The summed E-state index contributed by atoms with van der Waals surface area (Å²) >= 11 is 0. The Bertz CT molecular complexity index is 723. The molecule has 2 aromatic heterocycles. The zero-order valence-corrected chi connectivity index (χ0v) is 10.9. The van der Waals surface area contributed by atoms with E-state index in [1.807, 2.05) is 37.4 Å². The average Bonchev–Trinajstić information content (AvgIpc) is 2.84. The molecule has 0 aliphatic rings. The summed E-state index contributed by atoms with van der Waals surface area (Å²) in [7, 11) is 1.82. The van der Waals surface area contributed by atoms with E-state index in [4.69, 9.17) is 10.5 Å². The van der Waals surface area contributed by atoms with Gasteiger partial charge in [0.15, 0.2) is 11.6 Å². The third kappa shape index (κ3) is 2.59. The van der Waals surface area contributed by atoms with Gasteiger partial charge in [-0.2, -0.15) is 10.1 Å². The van der Waals surface area contributed by atoms with Crippen LogP contribution in [0.25, 0.3) is 11.4 Å². The highest BCUT2D eigenvalue weighted by molar-refractivity contribution is 5.57. The highest BCUT2D eigenvalue weighted by Gasteiger charge is 2.07. The quantitative estimate of drug-likeness (QED) is 0.787. The first-order chi connectivity index (χ1) is 9.70. The standard InChI is InChI=1S/C14H13N5O/c1-19-9-11(8-16-19)20-13-7-12(15)17-14(18-13)10-5-3-2-4-6-10/h2-9H,1H3,(H2,15,17,18). The van der Waals surface area contributed by atoms with E-state index in [2.05, 4.69) is 15.1 Å². The summed E-state index contributed by atoms with van der Waals surface area (Å²) in [5, 5.41) is 4.03. The second-order valence-electron chi connectivity index (χ2n) is 4.27. The topological polar surface area (TPSA) is 78.9 Å². The minimum atomic E-state index is 0.359. The molecule has 6 heteroatoms. The normalized spacial score (nSPS) is 10.4. The van der Waals surface area contributed by atoms with Crippen LogP contribution in [0.1, 0.15) is 0 Å². The molecule has 6 nitrogen and oxygen atoms in total. The number of benzene rings is 1. The Balaban J connectivity index is 1.94. The van der Waals surface area contributed by atoms with Gasteiger partial charge in [-0.25, -0.2) is 4.98 Å². The zero-order chi connectivity index (χ0) is 13.9. The summed E-state index contributed by atoms with van der Waals surface area (Å²) in [6.07, 6.45) is 3.36. The van der Waals surface area contributed by atoms with Gasteiger partial charge < -0.3 is 10.5 Å². The first kappa shape index (κ1) is 12.2. The molecule has 0 aliphatic heterocycles. The summed E-state index contributed by atoms with van der Waals surface area (Å²) in [6.45, 7) is 0. The molecule has 2 N–H and O–H groups in total. The molecule has 20 heavy (non-hydrogen) atoms. The number of aromatic nitrogens is 4. The maximum Gasteiger partial charge on any atom is 0.225 e. The molecule has 0 bridgehead atoms. The molecule has 0 atom stereocenters. The number of nitrogens with two attached hydrogens (primary N) is 1. The highest BCUT2D eigenvalue weighted by atomic mass is 16.5. The Hall–Kier alpha value is -2.89. The van der Waals surface area contributed by atoms with Crippen LogP contribution in [0.3, 0.4) is 0 Å². The molecular weight excluding hydrogens is 254 g/mol. The molecule has 0 amide bonds. The van der Waals surface area contributed by atoms with Gasteiger partial charge in [0.2, 0.25) is 5.88 Å². The van der Waals surface area contributed by atoms with E-state index in [1.54, 1.807) is 23.1 Å². The van der Waals surface area contributed by atoms with Gasteiger partial charge >= 0.3 is 0 Å². The molecule has 3 aromatic rings. The minimum absolute atomic E-state index is 0.359. The Morgan fingerprint density at radius 2 is 1.95 bits per heavy atom. The SMILES string of the molecule is Cn1cc(Oc2cc(N)nc(-c3ccccc3)n2)cn1. The van der Waals surface area contributed by atoms with Crippen LogP contribution in [0, 0.1) is 0 Å². The van der Waals surface area contributed by atoms with Crippen LogP contribution in [0.5, 0.6) is 11.6 Å². The number of hydrogen-bond acceptors (Lipinski definition) is 5. The number of anilines is 1. The number of nitrogens with zero attached hydrogens (tertiary/aromatic N) is 4. The monoisotopic (exact) mass is 267 g/mol. The number of aryl methyl sites for hydroxylation is 1. The van der Waals surface area contributed by atoms with Crippen LogP contribution in [0.2, 0.25) is 0 Å². The van der Waals surface area contributed by atoms with E-state index in [1.165, 1.54) is 0 Å². The van der Waals surface area contributed by atoms with E-state index in [0.29, 0.717) is 23.3 Å². The third-order valence-corrected chi connectivity index (χ3v) is 2.66. The number of nitrogen functional groups attached to an aromatic ring is 1. The fraction of sp³-hybridized carbons (Fsp3) is 0.0714. The molecule has 1 aromatic carbocycles. The lowest BCUT2D eigenvalue weighted by Gasteiger charge is -2.06. The molecule has 0 spiro atoms. The summed E-state index contributed by atoms with van der Waals surface area (Å²) in [4.78, 5) is 8.57. The van der Waals surface area contributed by atoms with Crippen LogP contribution in [-0.2, 0) is 7.05 Å². The lowest BCUT2D eigenvalue weighted by Crippen LogP contribution is -1.98. The summed E-state index contributed by atoms with van der Waals surface area (Å²) < 4.78 is 7.28.